The van der Waals surface area contributed by atoms with Crippen LogP contribution in [0, 0.1) is 0 Å². The molecule has 0 aliphatic carbocycles. The zero-order valence-electron chi connectivity index (χ0n) is 12.3. The molecular weight excluding hydrogens is 126 g/mol. The maximum atomic E-state index is 7.52. The molecule has 0 aromatic rings. The van der Waals surface area contributed by atoms with Crippen LogP contribution >= 0.6 is 0 Å². The number of hydrogen-bond acceptors (Lipinski definition) is 2. The van der Waals surface area contributed by atoms with Crippen molar-refractivity contribution >= 4 is 0 Å². The zero-order valence-corrected chi connectivity index (χ0v) is 6.32. The molecule has 1 fully saturated rings. The molecule has 0 unspecified atom stereocenters. The maximum Gasteiger partial charge on any atom is 0.0802 e. The minimum Gasteiger partial charge on any atom is -0.372 e. The topological polar surface area (TPSA) is 21.3 Å². The summed E-state index contributed by atoms with van der Waals surface area (Å²) < 4.78 is 50.5. The van der Waals surface area contributed by atoms with E-state index in [0.717, 1.165) is 0 Å². The summed E-state index contributed by atoms with van der Waals surface area (Å²) in [6.45, 7) is -1.80. The van der Waals surface area contributed by atoms with Gasteiger partial charge in [0.2, 0.25) is 0 Å². The Morgan fingerprint density at radius 3 is 2.60 bits per heavy atom. The van der Waals surface area contributed by atoms with Crippen molar-refractivity contribution in [2.45, 2.75) is 38.7 Å². The predicted molar refractivity (Wildman–Crippen MR) is 42.1 cm³/mol. The number of hydrogen-bond donors (Lipinski definition) is 1. The van der Waals surface area contributed by atoms with Gasteiger partial charge >= 0.3 is 0 Å². The second kappa shape index (κ2) is 2.21. The lowest BCUT2D eigenvalue weighted by atomic mass is 9.84. The third-order valence-corrected chi connectivity index (χ3v) is 1.86. The van der Waals surface area contributed by atoms with Gasteiger partial charge in [-0.2, -0.15) is 0 Å². The van der Waals surface area contributed by atoms with Crippen LogP contribution in [0.5, 0.6) is 0 Å². The summed E-state index contributed by atoms with van der Waals surface area (Å²) in [4.78, 5) is 0. The van der Waals surface area contributed by atoms with E-state index >= 15 is 0 Å². The quantitative estimate of drug-likeness (QED) is 0.558. The minimum absolute atomic E-state index is 0.222. The Labute approximate surface area is 71.4 Å². The van der Waals surface area contributed by atoms with Crippen molar-refractivity contribution in [2.24, 2.45) is 0 Å². The molecular formula is C8H17NO. The van der Waals surface area contributed by atoms with E-state index in [1.165, 1.54) is 13.8 Å². The van der Waals surface area contributed by atoms with E-state index in [1.54, 1.807) is 0 Å². The second-order valence-corrected chi connectivity index (χ2v) is 3.04. The van der Waals surface area contributed by atoms with Gasteiger partial charge < -0.3 is 10.1 Å². The molecule has 1 N–H and O–H groups in total. The molecule has 0 saturated carbocycles. The van der Waals surface area contributed by atoms with Crippen LogP contribution in [-0.4, -0.2) is 24.3 Å². The predicted octanol–water partition coefficient (Wildman–Crippen LogP) is 1.16. The molecule has 0 aromatic heterocycles. The van der Waals surface area contributed by atoms with E-state index in [0.29, 0.717) is 6.61 Å². The van der Waals surface area contributed by atoms with Crippen molar-refractivity contribution in [3.63, 3.8) is 0 Å². The summed E-state index contributed by atoms with van der Waals surface area (Å²) in [6, 6.07) is 0. The first-order valence-electron chi connectivity index (χ1n) is 6.35. The van der Waals surface area contributed by atoms with Crippen LogP contribution in [0.15, 0.2) is 0 Å². The molecule has 0 amide bonds. The highest BCUT2D eigenvalue weighted by molar-refractivity contribution is 4.97. The molecule has 1 aliphatic heterocycles. The van der Waals surface area contributed by atoms with Gasteiger partial charge in [0.25, 0.3) is 0 Å². The number of nitrogens with one attached hydrogen (secondary N) is 1. The third kappa shape index (κ3) is 1.18. The van der Waals surface area contributed by atoms with Crippen LogP contribution < -0.4 is 5.32 Å². The van der Waals surface area contributed by atoms with Gasteiger partial charge in [0.05, 0.1) is 12.2 Å². The molecule has 0 aromatic carbocycles. The van der Waals surface area contributed by atoms with E-state index in [4.69, 9.17) is 13.0 Å². The maximum absolute atomic E-state index is 7.52. The van der Waals surface area contributed by atoms with Crippen LogP contribution in [0.2, 0.25) is 0 Å². The third-order valence-electron chi connectivity index (χ3n) is 1.86. The van der Waals surface area contributed by atoms with Crippen LogP contribution in [0.1, 0.15) is 35.8 Å². The Morgan fingerprint density at radius 2 is 2.20 bits per heavy atom. The van der Waals surface area contributed by atoms with E-state index in [2.05, 4.69) is 5.32 Å². The van der Waals surface area contributed by atoms with Crippen LogP contribution in [0.3, 0.4) is 0 Å². The fourth-order valence-corrected chi connectivity index (χ4v) is 0.866. The largest absolute Gasteiger partial charge is 0.372 e. The second-order valence-electron chi connectivity index (χ2n) is 3.04. The molecule has 1 rings (SSSR count). The van der Waals surface area contributed by atoms with Gasteiger partial charge in [-0.15, -0.1) is 0 Å². The first-order valence-corrected chi connectivity index (χ1v) is 3.35. The van der Waals surface area contributed by atoms with Gasteiger partial charge in [0.1, 0.15) is 0 Å². The van der Waals surface area contributed by atoms with E-state index < -0.39 is 24.8 Å². The molecule has 0 bridgehead atoms. The van der Waals surface area contributed by atoms with Gasteiger partial charge in [-0.05, 0) is 27.6 Å². The zero-order chi connectivity index (χ0) is 12.8. The molecule has 0 atom stereocenters. The molecule has 1 saturated heterocycles. The van der Waals surface area contributed by atoms with Crippen molar-refractivity contribution in [1.82, 2.24) is 5.32 Å². The summed E-state index contributed by atoms with van der Waals surface area (Å²) >= 11 is 0. The van der Waals surface area contributed by atoms with Gasteiger partial charge in [-0.25, -0.2) is 0 Å². The summed E-state index contributed by atoms with van der Waals surface area (Å²) in [6.07, 6.45) is 0. The molecule has 1 aliphatic rings. The lowest BCUT2D eigenvalue weighted by molar-refractivity contribution is -0.103. The number of ether oxygens (including phenoxy) is 1. The Hall–Kier alpha value is -0.0800. The first kappa shape index (κ1) is 3.11. The Bertz CT molecular complexity index is 255. The molecule has 10 heavy (non-hydrogen) atoms. The molecule has 0 radical (unpaired) electrons. The fraction of sp³-hybridized carbons (Fsp3) is 1.00. The highest BCUT2D eigenvalue weighted by atomic mass is 16.5. The molecule has 1 heterocycles. The van der Waals surface area contributed by atoms with Crippen molar-refractivity contribution < 1.29 is 13.0 Å². The minimum atomic E-state index is -2.66. The van der Waals surface area contributed by atoms with Gasteiger partial charge in [0.15, 0.2) is 0 Å². The smallest absolute Gasteiger partial charge is 0.0802 e. The highest BCUT2D eigenvalue weighted by Gasteiger charge is 2.39. The SMILES string of the molecule is [2H]C([2H])([2H])C1(C([2H])([2H])[2H])NCCOC1(C)C. The van der Waals surface area contributed by atoms with Crippen LogP contribution in [0.4, 0.5) is 0 Å². The van der Waals surface area contributed by atoms with Gasteiger partial charge in [-0.1, -0.05) is 0 Å². The Morgan fingerprint density at radius 1 is 1.50 bits per heavy atom. The van der Waals surface area contributed by atoms with Crippen molar-refractivity contribution in [2.75, 3.05) is 13.2 Å². The summed E-state index contributed by atoms with van der Waals surface area (Å²) in [5.41, 5.74) is -3.30. The normalized spacial score (nSPS) is 41.4. The Balaban J connectivity index is 3.34. The average molecular weight is 149 g/mol. The van der Waals surface area contributed by atoms with Crippen LogP contribution in [0.25, 0.3) is 0 Å². The summed E-state index contributed by atoms with van der Waals surface area (Å²) in [7, 11) is 0. The summed E-state index contributed by atoms with van der Waals surface area (Å²) in [5, 5.41) is 2.65. The van der Waals surface area contributed by atoms with Crippen molar-refractivity contribution in [3.8, 4) is 0 Å². The molecule has 2 heteroatoms. The van der Waals surface area contributed by atoms with Crippen molar-refractivity contribution in [1.29, 1.82) is 0 Å². The van der Waals surface area contributed by atoms with E-state index in [-0.39, 0.29) is 6.54 Å². The highest BCUT2D eigenvalue weighted by Crippen LogP contribution is 2.27. The molecule has 2 nitrogen and oxygen atoms in total. The standard InChI is InChI=1S/C8H17NO/c1-7(2)8(3,4)10-6-5-9-7/h9H,5-6H2,1-4H3/i1D3,2D3. The van der Waals surface area contributed by atoms with Crippen molar-refractivity contribution in [3.05, 3.63) is 0 Å². The number of rotatable bonds is 0. The van der Waals surface area contributed by atoms with Crippen LogP contribution in [-0.2, 0) is 4.74 Å². The first-order chi connectivity index (χ1) is 6.96. The molecule has 60 valence electrons. The fourth-order valence-electron chi connectivity index (χ4n) is 0.866. The lowest BCUT2D eigenvalue weighted by Gasteiger charge is -2.46. The van der Waals surface area contributed by atoms with Gasteiger partial charge in [-0.3, -0.25) is 0 Å². The Kier molecular flexibility index (Phi) is 0.688. The number of morpholine rings is 1. The average Bonchev–Trinajstić information content (AvgIpc) is 1.97. The van der Waals surface area contributed by atoms with E-state index in [9.17, 15) is 0 Å². The lowest BCUT2D eigenvalue weighted by Crippen LogP contribution is -2.62. The van der Waals surface area contributed by atoms with E-state index in [1.807, 2.05) is 0 Å². The monoisotopic (exact) mass is 149 g/mol. The summed E-state index contributed by atoms with van der Waals surface area (Å²) in [5.74, 6) is 0. The molecule has 0 spiro atoms. The van der Waals surface area contributed by atoms with Gasteiger partial charge in [0, 0.05) is 20.3 Å².